The van der Waals surface area contributed by atoms with Crippen molar-refractivity contribution in [3.05, 3.63) is 24.3 Å². The summed E-state index contributed by atoms with van der Waals surface area (Å²) < 4.78 is 0. The molecule has 0 aliphatic carbocycles. The van der Waals surface area contributed by atoms with Gasteiger partial charge in [-0.2, -0.15) is 11.2 Å². The lowest BCUT2D eigenvalue weighted by molar-refractivity contribution is 0.842. The van der Waals surface area contributed by atoms with Crippen LogP contribution in [0.3, 0.4) is 0 Å². The van der Waals surface area contributed by atoms with Gasteiger partial charge in [0.1, 0.15) is 7.22 Å². The Kier molecular flexibility index (Phi) is 5.99. The van der Waals surface area contributed by atoms with E-state index < -0.39 is 7.22 Å². The summed E-state index contributed by atoms with van der Waals surface area (Å²) in [6.07, 6.45) is 5.59. The number of hydrogen-bond acceptors (Lipinski definition) is 2. The zero-order valence-electron chi connectivity index (χ0n) is 11.4. The number of unbranched alkanes of at least 4 members (excludes halogenated alkanes) is 2. The second kappa shape index (κ2) is 7.02. The van der Waals surface area contributed by atoms with Gasteiger partial charge in [-0.05, 0) is 31.0 Å². The first-order valence-electron chi connectivity index (χ1n) is 6.33. The number of benzene rings is 1. The van der Waals surface area contributed by atoms with Gasteiger partial charge in [-0.1, -0.05) is 39.1 Å². The molecule has 1 aromatic rings. The smallest absolute Gasteiger partial charge is 0.114 e. The second-order valence-electron chi connectivity index (χ2n) is 5.17. The van der Waals surface area contributed by atoms with Gasteiger partial charge in [-0.15, -0.1) is 0 Å². The lowest BCUT2D eigenvalue weighted by Gasteiger charge is -2.15. The van der Waals surface area contributed by atoms with E-state index in [1.54, 1.807) is 0 Å². The van der Waals surface area contributed by atoms with Gasteiger partial charge < -0.3 is 0 Å². The molecule has 17 heavy (non-hydrogen) atoms. The Morgan fingerprint density at radius 2 is 2.06 bits per heavy atom. The first kappa shape index (κ1) is 14.5. The number of hydrogen-bond donors (Lipinski definition) is 0. The van der Waals surface area contributed by atoms with Crippen LogP contribution in [-0.2, 0) is 0 Å². The van der Waals surface area contributed by atoms with Crippen LogP contribution in [0.5, 0.6) is 0 Å². The summed E-state index contributed by atoms with van der Waals surface area (Å²) in [4.78, 5) is 5.87. The van der Waals surface area contributed by atoms with E-state index in [4.69, 9.17) is 0 Å². The van der Waals surface area contributed by atoms with Crippen molar-refractivity contribution >= 4 is 30.3 Å². The molecular formula is C14H23NSSi. The molecule has 1 nitrogen and oxygen atoms in total. The maximum Gasteiger partial charge on any atom is 0.114 e. The molecule has 0 aromatic heterocycles. The van der Waals surface area contributed by atoms with Crippen LogP contribution in [0.15, 0.2) is 34.2 Å². The van der Waals surface area contributed by atoms with Crippen molar-refractivity contribution in [3.63, 3.8) is 0 Å². The number of nitrogens with zero attached hydrogens (tertiary/aromatic N) is 1. The minimum Gasteiger partial charge on any atom is -0.261 e. The van der Waals surface area contributed by atoms with E-state index in [0.717, 1.165) is 12.1 Å². The highest BCUT2D eigenvalue weighted by Gasteiger charge is 2.14. The van der Waals surface area contributed by atoms with Gasteiger partial charge in [0.05, 0.1) is 5.69 Å². The third-order valence-electron chi connectivity index (χ3n) is 2.17. The predicted molar refractivity (Wildman–Crippen MR) is 83.3 cm³/mol. The van der Waals surface area contributed by atoms with Crippen molar-refractivity contribution in [2.75, 3.05) is 0 Å². The summed E-state index contributed by atoms with van der Waals surface area (Å²) in [5.74, 6) is 0. The maximum absolute atomic E-state index is 4.51. The van der Waals surface area contributed by atoms with Crippen molar-refractivity contribution in [1.29, 1.82) is 0 Å². The van der Waals surface area contributed by atoms with Crippen LogP contribution in [-0.4, -0.2) is 13.4 Å². The maximum atomic E-state index is 4.51. The van der Waals surface area contributed by atoms with Gasteiger partial charge in [-0.3, -0.25) is 4.99 Å². The molecule has 1 rings (SSSR count). The van der Waals surface area contributed by atoms with Crippen molar-refractivity contribution in [2.45, 2.75) is 50.7 Å². The molecule has 0 amide bonds. The Labute approximate surface area is 110 Å². The van der Waals surface area contributed by atoms with Crippen LogP contribution in [0.25, 0.3) is 0 Å². The van der Waals surface area contributed by atoms with Crippen molar-refractivity contribution in [3.8, 4) is 0 Å². The normalized spacial score (nSPS) is 12.2. The van der Waals surface area contributed by atoms with Gasteiger partial charge >= 0.3 is 0 Å². The molecule has 94 valence electrons. The summed E-state index contributed by atoms with van der Waals surface area (Å²) >= 11 is 2.02. The van der Waals surface area contributed by atoms with Gasteiger partial charge in [-0.25, -0.2) is 0 Å². The monoisotopic (exact) mass is 265 g/mol. The molecule has 0 aliphatic rings. The zero-order valence-corrected chi connectivity index (χ0v) is 13.2. The molecule has 1 aromatic carbocycles. The highest BCUT2D eigenvalue weighted by atomic mass is 32.4. The van der Waals surface area contributed by atoms with Crippen LogP contribution in [0.4, 0.5) is 5.69 Å². The van der Waals surface area contributed by atoms with Gasteiger partial charge in [0, 0.05) is 11.1 Å². The van der Waals surface area contributed by atoms with Crippen LogP contribution < -0.4 is 0 Å². The van der Waals surface area contributed by atoms with Gasteiger partial charge in [0.2, 0.25) is 0 Å². The van der Waals surface area contributed by atoms with Crippen molar-refractivity contribution in [2.24, 2.45) is 4.99 Å². The molecule has 0 saturated heterocycles. The lowest BCUT2D eigenvalue weighted by atomic mass is 10.3. The van der Waals surface area contributed by atoms with E-state index in [2.05, 4.69) is 55.8 Å². The Bertz CT molecular complexity index is 369. The average Bonchev–Trinajstić information content (AvgIpc) is 2.23. The Hall–Kier alpha value is -0.543. The standard InChI is InChI=1S/C14H23NSSi/c1-5-6-7-11-15-13-9-8-10-14(12-13)16-17(2,3)4/h8-12H,5-7H2,1-4H3. The zero-order chi connectivity index (χ0) is 12.7. The van der Waals surface area contributed by atoms with Crippen LogP contribution >= 0.6 is 11.2 Å². The summed E-state index contributed by atoms with van der Waals surface area (Å²) in [7, 11) is -1.10. The minimum atomic E-state index is -1.10. The number of rotatable bonds is 6. The predicted octanol–water partition coefficient (Wildman–Crippen LogP) is 5.51. The van der Waals surface area contributed by atoms with Gasteiger partial charge in [0.15, 0.2) is 0 Å². The van der Waals surface area contributed by atoms with Crippen LogP contribution in [0, 0.1) is 0 Å². The fourth-order valence-corrected chi connectivity index (χ4v) is 4.98. The Morgan fingerprint density at radius 1 is 1.29 bits per heavy atom. The largest absolute Gasteiger partial charge is 0.261 e. The molecule has 0 saturated carbocycles. The average molecular weight is 265 g/mol. The third kappa shape index (κ3) is 6.69. The summed E-state index contributed by atoms with van der Waals surface area (Å²) in [6, 6.07) is 8.57. The quantitative estimate of drug-likeness (QED) is 0.375. The molecule has 0 unspecified atom stereocenters. The van der Waals surface area contributed by atoms with E-state index in [1.165, 1.54) is 17.7 Å². The molecule has 0 spiro atoms. The van der Waals surface area contributed by atoms with E-state index in [1.807, 2.05) is 17.4 Å². The molecule has 0 N–H and O–H groups in total. The van der Waals surface area contributed by atoms with Crippen molar-refractivity contribution in [1.82, 2.24) is 0 Å². The molecule has 0 radical (unpaired) electrons. The summed E-state index contributed by atoms with van der Waals surface area (Å²) in [6.45, 7) is 9.32. The molecular weight excluding hydrogens is 242 g/mol. The molecule has 0 atom stereocenters. The highest BCUT2D eigenvalue weighted by Crippen LogP contribution is 2.31. The lowest BCUT2D eigenvalue weighted by Crippen LogP contribution is -2.13. The first-order valence-corrected chi connectivity index (χ1v) is 11.4. The first-order chi connectivity index (χ1) is 8.01. The highest BCUT2D eigenvalue weighted by molar-refractivity contribution is 8.28. The van der Waals surface area contributed by atoms with E-state index >= 15 is 0 Å². The topological polar surface area (TPSA) is 12.4 Å². The van der Waals surface area contributed by atoms with E-state index in [0.29, 0.717) is 0 Å². The Balaban J connectivity index is 2.63. The van der Waals surface area contributed by atoms with Crippen LogP contribution in [0.1, 0.15) is 26.2 Å². The summed E-state index contributed by atoms with van der Waals surface area (Å²) in [5, 5.41) is 0. The van der Waals surface area contributed by atoms with E-state index in [-0.39, 0.29) is 0 Å². The van der Waals surface area contributed by atoms with Crippen molar-refractivity contribution < 1.29 is 0 Å². The molecule has 0 heterocycles. The van der Waals surface area contributed by atoms with E-state index in [9.17, 15) is 0 Å². The SMILES string of the molecule is CCCCC=Nc1cccc(S[Si](C)(C)C)c1. The third-order valence-corrected chi connectivity index (χ3v) is 5.82. The molecule has 0 aliphatic heterocycles. The molecule has 3 heteroatoms. The second-order valence-corrected chi connectivity index (χ2v) is 14.4. The Morgan fingerprint density at radius 3 is 2.71 bits per heavy atom. The summed E-state index contributed by atoms with van der Waals surface area (Å²) in [5.41, 5.74) is 1.09. The van der Waals surface area contributed by atoms with Crippen LogP contribution in [0.2, 0.25) is 19.6 Å². The fraction of sp³-hybridized carbons (Fsp3) is 0.500. The molecule has 0 bridgehead atoms. The minimum absolute atomic E-state index is 1.09. The molecule has 0 fully saturated rings. The fourth-order valence-electron chi connectivity index (χ4n) is 1.45. The van der Waals surface area contributed by atoms with Gasteiger partial charge in [0.25, 0.3) is 0 Å². The number of aliphatic imine (C=N–C) groups is 1.